The fourth-order valence-corrected chi connectivity index (χ4v) is 1.58. The molecular formula is C14H15N3O4. The third-order valence-electron chi connectivity index (χ3n) is 2.66. The van der Waals surface area contributed by atoms with Gasteiger partial charge in [-0.15, -0.1) is 0 Å². The molecule has 1 aromatic carbocycles. The summed E-state index contributed by atoms with van der Waals surface area (Å²) in [6, 6.07) is 7.93. The maximum absolute atomic E-state index is 11.6. The Hall–Kier alpha value is -2.75. The first-order valence-electron chi connectivity index (χ1n) is 6.25. The van der Waals surface area contributed by atoms with E-state index in [0.717, 1.165) is 0 Å². The Morgan fingerprint density at radius 2 is 2.14 bits per heavy atom. The van der Waals surface area contributed by atoms with Crippen molar-refractivity contribution in [3.05, 3.63) is 29.8 Å². The van der Waals surface area contributed by atoms with Crippen molar-refractivity contribution in [1.29, 1.82) is 5.26 Å². The molecule has 0 aliphatic carbocycles. The number of carbonyl (C=O) groups excluding carboxylic acids is 1. The van der Waals surface area contributed by atoms with Crippen LogP contribution < -0.4 is 0 Å². The summed E-state index contributed by atoms with van der Waals surface area (Å²) >= 11 is 0. The number of esters is 1. The van der Waals surface area contributed by atoms with Crippen LogP contribution in [0.3, 0.4) is 0 Å². The largest absolute Gasteiger partial charge is 0.481 e. The molecule has 110 valence electrons. The Labute approximate surface area is 121 Å². The van der Waals surface area contributed by atoms with E-state index >= 15 is 0 Å². The fourth-order valence-electron chi connectivity index (χ4n) is 1.58. The maximum Gasteiger partial charge on any atom is 0.340 e. The van der Waals surface area contributed by atoms with Crippen LogP contribution in [0.15, 0.2) is 34.5 Å². The lowest BCUT2D eigenvalue weighted by molar-refractivity contribution is -0.137. The van der Waals surface area contributed by atoms with Gasteiger partial charge in [-0.25, -0.2) is 4.79 Å². The Morgan fingerprint density at radius 1 is 1.43 bits per heavy atom. The quantitative estimate of drug-likeness (QED) is 0.612. The van der Waals surface area contributed by atoms with Crippen molar-refractivity contribution in [2.24, 2.45) is 10.2 Å². The Balaban J connectivity index is 2.88. The maximum atomic E-state index is 11.6. The minimum absolute atomic E-state index is 0.0666. The molecule has 0 bridgehead atoms. The van der Waals surface area contributed by atoms with Crippen molar-refractivity contribution in [2.75, 3.05) is 7.11 Å². The van der Waals surface area contributed by atoms with Gasteiger partial charge in [-0.05, 0) is 18.6 Å². The summed E-state index contributed by atoms with van der Waals surface area (Å²) < 4.78 is 4.64. The second-order valence-electron chi connectivity index (χ2n) is 4.17. The fraction of sp³-hybridized carbons (Fsp3) is 0.357. The number of carboxylic acids is 1. The lowest BCUT2D eigenvalue weighted by Crippen LogP contribution is -2.06. The highest BCUT2D eigenvalue weighted by molar-refractivity contribution is 5.94. The molecule has 1 aromatic rings. The van der Waals surface area contributed by atoms with Crippen LogP contribution in [0.25, 0.3) is 0 Å². The van der Waals surface area contributed by atoms with Gasteiger partial charge in [0, 0.05) is 6.42 Å². The van der Waals surface area contributed by atoms with E-state index in [2.05, 4.69) is 15.0 Å². The van der Waals surface area contributed by atoms with Crippen molar-refractivity contribution in [3.8, 4) is 6.07 Å². The third kappa shape index (κ3) is 5.40. The molecule has 7 nitrogen and oxygen atoms in total. The van der Waals surface area contributed by atoms with Gasteiger partial charge in [-0.3, -0.25) is 4.79 Å². The van der Waals surface area contributed by atoms with Crippen LogP contribution in [0.2, 0.25) is 0 Å². The van der Waals surface area contributed by atoms with E-state index < -0.39 is 18.0 Å². The van der Waals surface area contributed by atoms with Gasteiger partial charge in [0.15, 0.2) is 0 Å². The molecular weight excluding hydrogens is 274 g/mol. The third-order valence-corrected chi connectivity index (χ3v) is 2.66. The first-order valence-corrected chi connectivity index (χ1v) is 6.25. The van der Waals surface area contributed by atoms with Crippen molar-refractivity contribution < 1.29 is 19.4 Å². The number of ether oxygens (including phenoxy) is 1. The Bertz CT molecular complexity index is 578. The van der Waals surface area contributed by atoms with Gasteiger partial charge in [0.1, 0.15) is 0 Å². The number of rotatable bonds is 7. The molecule has 0 aliphatic heterocycles. The first kappa shape index (κ1) is 16.3. The molecule has 0 spiro atoms. The summed E-state index contributed by atoms with van der Waals surface area (Å²) in [5, 5.41) is 25.3. The van der Waals surface area contributed by atoms with Crippen LogP contribution in [-0.2, 0) is 9.53 Å². The number of azo groups is 1. The van der Waals surface area contributed by atoms with Gasteiger partial charge >= 0.3 is 11.9 Å². The van der Waals surface area contributed by atoms with Crippen molar-refractivity contribution in [1.82, 2.24) is 0 Å². The van der Waals surface area contributed by atoms with Crippen molar-refractivity contribution in [2.45, 2.75) is 25.3 Å². The summed E-state index contributed by atoms with van der Waals surface area (Å²) in [5.41, 5.74) is 0.584. The van der Waals surface area contributed by atoms with Crippen LogP contribution in [0.1, 0.15) is 29.6 Å². The number of carboxylic acid groups (broad SMARTS) is 1. The molecule has 0 aromatic heterocycles. The van der Waals surface area contributed by atoms with E-state index in [9.17, 15) is 9.59 Å². The normalized spacial score (nSPS) is 11.8. The summed E-state index contributed by atoms with van der Waals surface area (Å²) in [7, 11) is 1.27. The molecule has 0 fully saturated rings. The topological polar surface area (TPSA) is 112 Å². The minimum Gasteiger partial charge on any atom is -0.481 e. The second kappa shape index (κ2) is 8.43. The number of carbonyl (C=O) groups is 2. The highest BCUT2D eigenvalue weighted by Gasteiger charge is 2.13. The molecule has 0 heterocycles. The van der Waals surface area contributed by atoms with Crippen LogP contribution in [0.4, 0.5) is 5.69 Å². The highest BCUT2D eigenvalue weighted by Crippen LogP contribution is 2.21. The number of benzene rings is 1. The summed E-state index contributed by atoms with van der Waals surface area (Å²) in [6.07, 6.45) is 0.188. The summed E-state index contributed by atoms with van der Waals surface area (Å²) in [4.78, 5) is 22.1. The predicted octanol–water partition coefficient (Wildman–Crippen LogP) is 2.70. The van der Waals surface area contributed by atoms with E-state index in [1.807, 2.05) is 6.07 Å². The zero-order valence-electron chi connectivity index (χ0n) is 11.5. The zero-order chi connectivity index (χ0) is 15.7. The molecule has 7 heteroatoms. The number of nitriles is 1. The number of hydrogen-bond donors (Lipinski definition) is 1. The SMILES string of the molecule is COC(=O)c1ccccc1N=NC(CC#N)CCC(=O)O. The molecule has 0 aliphatic rings. The number of aliphatic carboxylic acids is 1. The Kier molecular flexibility index (Phi) is 6.54. The molecule has 1 rings (SSSR count). The lowest BCUT2D eigenvalue weighted by Gasteiger charge is -2.06. The molecule has 0 saturated heterocycles. The molecule has 1 atom stereocenters. The van der Waals surface area contributed by atoms with E-state index in [1.165, 1.54) is 7.11 Å². The number of methoxy groups -OCH3 is 1. The lowest BCUT2D eigenvalue weighted by atomic mass is 10.1. The van der Waals surface area contributed by atoms with Gasteiger partial charge in [0.2, 0.25) is 0 Å². The van der Waals surface area contributed by atoms with Crippen LogP contribution in [0, 0.1) is 11.3 Å². The highest BCUT2D eigenvalue weighted by atomic mass is 16.5. The van der Waals surface area contributed by atoms with Crippen LogP contribution in [0.5, 0.6) is 0 Å². The number of hydrogen-bond acceptors (Lipinski definition) is 6. The van der Waals surface area contributed by atoms with E-state index in [4.69, 9.17) is 10.4 Å². The summed E-state index contributed by atoms with van der Waals surface area (Å²) in [5.74, 6) is -1.49. The van der Waals surface area contributed by atoms with E-state index in [-0.39, 0.29) is 24.8 Å². The molecule has 0 radical (unpaired) electrons. The average molecular weight is 289 g/mol. The smallest absolute Gasteiger partial charge is 0.340 e. The molecule has 0 saturated carbocycles. The van der Waals surface area contributed by atoms with Gasteiger partial charge in [-0.1, -0.05) is 12.1 Å². The van der Waals surface area contributed by atoms with Crippen molar-refractivity contribution >= 4 is 17.6 Å². The Morgan fingerprint density at radius 3 is 2.76 bits per heavy atom. The molecule has 1 unspecified atom stereocenters. The molecule has 0 amide bonds. The second-order valence-corrected chi connectivity index (χ2v) is 4.17. The monoisotopic (exact) mass is 289 g/mol. The first-order chi connectivity index (χ1) is 10.1. The van der Waals surface area contributed by atoms with Crippen LogP contribution >= 0.6 is 0 Å². The van der Waals surface area contributed by atoms with Gasteiger partial charge in [0.25, 0.3) is 0 Å². The van der Waals surface area contributed by atoms with E-state index in [0.29, 0.717) is 5.69 Å². The minimum atomic E-state index is -0.955. The summed E-state index contributed by atoms with van der Waals surface area (Å²) in [6.45, 7) is 0. The zero-order valence-corrected chi connectivity index (χ0v) is 11.5. The van der Waals surface area contributed by atoms with E-state index in [1.54, 1.807) is 24.3 Å². The van der Waals surface area contributed by atoms with Crippen molar-refractivity contribution in [3.63, 3.8) is 0 Å². The van der Waals surface area contributed by atoms with Gasteiger partial charge in [-0.2, -0.15) is 15.5 Å². The standard InChI is InChI=1S/C14H15N3O4/c1-21-14(20)11-4-2-3-5-12(11)17-16-10(8-9-15)6-7-13(18)19/h2-5,10H,6-8H2,1H3,(H,18,19). The average Bonchev–Trinajstić information content (AvgIpc) is 2.49. The van der Waals surface area contributed by atoms with Crippen LogP contribution in [-0.4, -0.2) is 30.2 Å². The number of nitrogens with zero attached hydrogens (tertiary/aromatic N) is 3. The molecule has 1 N–H and O–H groups in total. The van der Waals surface area contributed by atoms with Gasteiger partial charge in [0.05, 0.1) is 36.9 Å². The predicted molar refractivity (Wildman–Crippen MR) is 73.2 cm³/mol. The molecule has 21 heavy (non-hydrogen) atoms. The van der Waals surface area contributed by atoms with Gasteiger partial charge < -0.3 is 9.84 Å².